The predicted octanol–water partition coefficient (Wildman–Crippen LogP) is 4.11. The van der Waals surface area contributed by atoms with Crippen LogP contribution in [0.5, 0.6) is 0 Å². The van der Waals surface area contributed by atoms with Crippen LogP contribution in [0, 0.1) is 6.92 Å². The first-order valence-corrected chi connectivity index (χ1v) is 12.3. The molecule has 4 heterocycles. The monoisotopic (exact) mass is 450 g/mol. The Labute approximate surface area is 201 Å². The molecule has 5 heteroatoms. The highest BCUT2D eigenvalue weighted by atomic mass is 16.2. The molecule has 6 rings (SSSR count). The zero-order chi connectivity index (χ0) is 23.2. The van der Waals surface area contributed by atoms with Crippen LogP contribution in [0.2, 0.25) is 0 Å². The summed E-state index contributed by atoms with van der Waals surface area (Å²) >= 11 is 0. The Morgan fingerprint density at radius 1 is 1.00 bits per heavy atom. The van der Waals surface area contributed by atoms with Gasteiger partial charge in [0.15, 0.2) is 0 Å². The Morgan fingerprint density at radius 2 is 1.85 bits per heavy atom. The first-order valence-electron chi connectivity index (χ1n) is 12.3. The standard InChI is InChI=1S/C29H30N4O/c1-3-32-17-26(20-7-5-4-6-8-20)27(18-32)33-16-24-13-25-23(12-22(24)14-28(33)34)15-31-29(25)21-9-10-30-19(2)11-21/h4-13,26-27H,3,14-18H2,1-2H3/t26-,27+/m0/s1. The summed E-state index contributed by atoms with van der Waals surface area (Å²) < 4.78 is 0. The lowest BCUT2D eigenvalue weighted by molar-refractivity contribution is -0.134. The molecular formula is C29H30N4O. The number of pyridine rings is 1. The molecule has 3 aliphatic rings. The highest BCUT2D eigenvalue weighted by Crippen LogP contribution is 2.36. The average Bonchev–Trinajstić information content (AvgIpc) is 3.47. The Hall–Kier alpha value is -3.31. The highest BCUT2D eigenvalue weighted by molar-refractivity contribution is 6.15. The Bertz CT molecular complexity index is 1280. The number of nitrogens with zero attached hydrogens (tertiary/aromatic N) is 4. The van der Waals surface area contributed by atoms with Crippen molar-refractivity contribution >= 4 is 11.6 Å². The summed E-state index contributed by atoms with van der Waals surface area (Å²) in [5, 5.41) is 0. The number of aliphatic imine (C=N–C) groups is 1. The highest BCUT2D eigenvalue weighted by Gasteiger charge is 2.40. The molecule has 0 radical (unpaired) electrons. The van der Waals surface area contributed by atoms with Crippen LogP contribution in [0.25, 0.3) is 0 Å². The molecule has 5 nitrogen and oxygen atoms in total. The third-order valence-electron chi connectivity index (χ3n) is 7.70. The van der Waals surface area contributed by atoms with Crippen molar-refractivity contribution in [3.8, 4) is 0 Å². The van der Waals surface area contributed by atoms with Crippen LogP contribution in [0.15, 0.2) is 65.8 Å². The van der Waals surface area contributed by atoms with Crippen molar-refractivity contribution in [3.63, 3.8) is 0 Å². The normalized spacial score (nSPS) is 22.0. The van der Waals surface area contributed by atoms with Gasteiger partial charge in [-0.3, -0.25) is 14.8 Å². The van der Waals surface area contributed by atoms with Gasteiger partial charge in [-0.05, 0) is 53.9 Å². The van der Waals surface area contributed by atoms with Crippen LogP contribution < -0.4 is 0 Å². The van der Waals surface area contributed by atoms with E-state index in [4.69, 9.17) is 4.99 Å². The maximum atomic E-state index is 13.4. The van der Waals surface area contributed by atoms with Gasteiger partial charge in [0.2, 0.25) is 5.91 Å². The van der Waals surface area contributed by atoms with E-state index in [2.05, 4.69) is 70.2 Å². The second kappa shape index (κ2) is 8.48. The summed E-state index contributed by atoms with van der Waals surface area (Å²) in [6, 6.07) is 19.6. The topological polar surface area (TPSA) is 48.8 Å². The van der Waals surface area contributed by atoms with Crippen LogP contribution >= 0.6 is 0 Å². The van der Waals surface area contributed by atoms with Gasteiger partial charge in [-0.25, -0.2) is 0 Å². The van der Waals surface area contributed by atoms with Gasteiger partial charge in [0, 0.05) is 48.6 Å². The van der Waals surface area contributed by atoms with Crippen molar-refractivity contribution < 1.29 is 4.79 Å². The maximum Gasteiger partial charge on any atom is 0.227 e. The Balaban J connectivity index is 1.33. The minimum absolute atomic E-state index is 0.201. The van der Waals surface area contributed by atoms with E-state index in [1.54, 1.807) is 0 Å². The molecule has 0 unspecified atom stereocenters. The molecule has 3 aromatic rings. The molecule has 1 amide bonds. The number of amides is 1. The molecule has 172 valence electrons. The number of likely N-dealkylation sites (tertiary alicyclic amines) is 1. The molecule has 0 saturated carbocycles. The smallest absolute Gasteiger partial charge is 0.227 e. The zero-order valence-corrected chi connectivity index (χ0v) is 19.9. The van der Waals surface area contributed by atoms with Crippen LogP contribution in [0.1, 0.15) is 51.9 Å². The zero-order valence-electron chi connectivity index (χ0n) is 19.9. The first-order chi connectivity index (χ1) is 16.6. The van der Waals surface area contributed by atoms with Crippen LogP contribution in [0.3, 0.4) is 0 Å². The molecule has 1 saturated heterocycles. The van der Waals surface area contributed by atoms with Crippen LogP contribution in [0.4, 0.5) is 0 Å². The molecule has 1 fully saturated rings. The van der Waals surface area contributed by atoms with Gasteiger partial charge in [0.05, 0.1) is 24.7 Å². The van der Waals surface area contributed by atoms with Gasteiger partial charge in [-0.2, -0.15) is 0 Å². The lowest BCUT2D eigenvalue weighted by Gasteiger charge is -2.37. The van der Waals surface area contributed by atoms with Gasteiger partial charge < -0.3 is 9.80 Å². The fraction of sp³-hybridized carbons (Fsp3) is 0.345. The second-order valence-electron chi connectivity index (χ2n) is 9.76. The number of hydrogen-bond acceptors (Lipinski definition) is 4. The SMILES string of the molecule is CCN1C[C@@H](N2Cc3cc4c(cc3CC2=O)CN=C4c2ccnc(C)c2)[C@H](c2ccccc2)C1. The van der Waals surface area contributed by atoms with Gasteiger partial charge in [-0.1, -0.05) is 43.3 Å². The van der Waals surface area contributed by atoms with Gasteiger partial charge >= 0.3 is 0 Å². The van der Waals surface area contributed by atoms with Crippen molar-refractivity contribution in [1.82, 2.24) is 14.8 Å². The molecule has 0 spiro atoms. The van der Waals surface area contributed by atoms with E-state index in [0.717, 1.165) is 36.6 Å². The van der Waals surface area contributed by atoms with E-state index >= 15 is 0 Å². The molecule has 0 bridgehead atoms. The summed E-state index contributed by atoms with van der Waals surface area (Å²) in [5.74, 6) is 0.596. The van der Waals surface area contributed by atoms with Crippen molar-refractivity contribution in [2.45, 2.75) is 45.3 Å². The van der Waals surface area contributed by atoms with E-state index in [9.17, 15) is 4.79 Å². The average molecular weight is 451 g/mol. The molecular weight excluding hydrogens is 420 g/mol. The summed E-state index contributed by atoms with van der Waals surface area (Å²) in [7, 11) is 0. The predicted molar refractivity (Wildman–Crippen MR) is 134 cm³/mol. The van der Waals surface area contributed by atoms with E-state index in [1.807, 2.05) is 19.2 Å². The molecule has 34 heavy (non-hydrogen) atoms. The number of hydrogen-bond donors (Lipinski definition) is 0. The van der Waals surface area contributed by atoms with E-state index in [1.165, 1.54) is 27.8 Å². The molecule has 2 atom stereocenters. The van der Waals surface area contributed by atoms with Crippen molar-refractivity contribution in [2.75, 3.05) is 19.6 Å². The molecule has 1 aromatic heterocycles. The first kappa shape index (κ1) is 21.2. The van der Waals surface area contributed by atoms with Crippen molar-refractivity contribution in [1.29, 1.82) is 0 Å². The fourth-order valence-corrected chi connectivity index (χ4v) is 5.90. The number of benzene rings is 2. The number of aromatic nitrogens is 1. The quantitative estimate of drug-likeness (QED) is 0.601. The minimum Gasteiger partial charge on any atom is -0.333 e. The number of carbonyl (C=O) groups excluding carboxylic acids is 1. The molecule has 3 aliphatic heterocycles. The van der Waals surface area contributed by atoms with E-state index in [0.29, 0.717) is 25.4 Å². The van der Waals surface area contributed by atoms with Gasteiger partial charge in [0.25, 0.3) is 0 Å². The van der Waals surface area contributed by atoms with Crippen LogP contribution in [-0.2, 0) is 24.3 Å². The number of aryl methyl sites for hydroxylation is 1. The Morgan fingerprint density at radius 3 is 2.65 bits per heavy atom. The van der Waals surface area contributed by atoms with E-state index in [-0.39, 0.29) is 11.9 Å². The molecule has 0 aliphatic carbocycles. The minimum atomic E-state index is 0.201. The molecule has 2 aromatic carbocycles. The van der Waals surface area contributed by atoms with Crippen molar-refractivity contribution in [3.05, 3.63) is 99.9 Å². The summed E-state index contributed by atoms with van der Waals surface area (Å²) in [6.07, 6.45) is 2.34. The number of likely N-dealkylation sites (N-methyl/N-ethyl adjacent to an activating group) is 1. The number of fused-ring (bicyclic) bond motifs is 2. The number of rotatable bonds is 4. The summed E-state index contributed by atoms with van der Waals surface area (Å²) in [4.78, 5) is 27.2. The number of carbonyl (C=O) groups is 1. The van der Waals surface area contributed by atoms with Crippen molar-refractivity contribution in [2.24, 2.45) is 4.99 Å². The largest absolute Gasteiger partial charge is 0.333 e. The third-order valence-corrected chi connectivity index (χ3v) is 7.70. The van der Waals surface area contributed by atoms with Crippen LogP contribution in [-0.4, -0.2) is 52.1 Å². The lowest BCUT2D eigenvalue weighted by atomic mass is 9.88. The lowest BCUT2D eigenvalue weighted by Crippen LogP contribution is -2.47. The van der Waals surface area contributed by atoms with E-state index < -0.39 is 0 Å². The second-order valence-corrected chi connectivity index (χ2v) is 9.76. The maximum absolute atomic E-state index is 13.4. The fourth-order valence-electron chi connectivity index (χ4n) is 5.90. The summed E-state index contributed by atoms with van der Waals surface area (Å²) in [5.41, 5.74) is 9.37. The third kappa shape index (κ3) is 3.64. The summed E-state index contributed by atoms with van der Waals surface area (Å²) in [6.45, 7) is 8.53. The van der Waals surface area contributed by atoms with Gasteiger partial charge in [-0.15, -0.1) is 0 Å². The Kier molecular flexibility index (Phi) is 5.30. The van der Waals surface area contributed by atoms with Gasteiger partial charge in [0.1, 0.15) is 0 Å². The molecule has 0 N–H and O–H groups in total.